The summed E-state index contributed by atoms with van der Waals surface area (Å²) >= 11 is 1.77. The molecular formula is C61H91N3O6S. The van der Waals surface area contributed by atoms with E-state index in [-0.39, 0.29) is 28.7 Å². The van der Waals surface area contributed by atoms with Gasteiger partial charge in [-0.1, -0.05) is 38.1 Å². The van der Waals surface area contributed by atoms with Gasteiger partial charge in [0.15, 0.2) is 0 Å². The lowest BCUT2D eigenvalue weighted by atomic mass is 9.49. The number of hydrogen-bond acceptors (Lipinski definition) is 8. The van der Waals surface area contributed by atoms with Crippen molar-refractivity contribution in [3.05, 3.63) is 51.5 Å². The summed E-state index contributed by atoms with van der Waals surface area (Å²) in [5.41, 5.74) is 1.87. The van der Waals surface area contributed by atoms with Crippen molar-refractivity contribution in [2.45, 2.75) is 193 Å². The highest BCUT2D eigenvalue weighted by atomic mass is 32.1. The summed E-state index contributed by atoms with van der Waals surface area (Å²) in [5.74, 6) is 8.67. The summed E-state index contributed by atoms with van der Waals surface area (Å²) < 4.78 is 11.3. The van der Waals surface area contributed by atoms with Crippen LogP contribution in [0.3, 0.4) is 0 Å². The fourth-order valence-corrected chi connectivity index (χ4v) is 20.4. The molecule has 0 radical (unpaired) electrons. The van der Waals surface area contributed by atoms with E-state index in [1.807, 2.05) is 20.0 Å². The molecule has 12 rings (SSSR count). The Labute approximate surface area is 431 Å². The van der Waals surface area contributed by atoms with Crippen molar-refractivity contribution in [2.24, 2.45) is 81.8 Å². The van der Waals surface area contributed by atoms with E-state index in [0.29, 0.717) is 61.9 Å². The number of nitrogens with zero attached hydrogens (tertiary/aromatic N) is 3. The van der Waals surface area contributed by atoms with Crippen LogP contribution in [-0.2, 0) is 32.0 Å². The standard InChI is InChI=1S/C31H45NO3.C30H46N2O3S/c1-3-35-20-31(34)16-13-24-22(18-31)8-9-26-25(24)12-15-30(2)27(26)10-11-28(30)29(33)32-17-14-21-6-4-5-7-23(21)19-32;1-4-35-18-30(34)14-12-21-20(16-30)7-8-23-22(21)11-13-29(3)24(23)9-10-25(29)28(33)32-15-5-6-26(32)27-31-17-19(2)36-27/h4-7,22,24-28,34H,3,8-20H2,1-2H3;17,20-26,34H,4-16,18H2,1-3H3/t22-,24+,25-,26-,27+,28-,30+,31-;20-,21+,22-,23-,24+,25-,26-,29+,30-/m11/s1. The van der Waals surface area contributed by atoms with Gasteiger partial charge in [0.05, 0.1) is 30.5 Å². The topological polar surface area (TPSA) is 112 Å². The van der Waals surface area contributed by atoms with E-state index in [9.17, 15) is 19.8 Å². The average molecular weight is 994 g/mol. The molecule has 1 saturated heterocycles. The minimum absolute atomic E-state index is 0.154. The van der Waals surface area contributed by atoms with Crippen molar-refractivity contribution in [2.75, 3.05) is 39.5 Å². The van der Waals surface area contributed by atoms with Crippen LogP contribution in [0.5, 0.6) is 0 Å². The van der Waals surface area contributed by atoms with Gasteiger partial charge in [-0.3, -0.25) is 9.59 Å². The van der Waals surface area contributed by atoms with Gasteiger partial charge in [-0.25, -0.2) is 4.98 Å². The Morgan fingerprint density at radius 1 is 0.662 bits per heavy atom. The summed E-state index contributed by atoms with van der Waals surface area (Å²) in [7, 11) is 0. The van der Waals surface area contributed by atoms with E-state index in [1.54, 1.807) is 11.3 Å². The zero-order valence-electron chi connectivity index (χ0n) is 44.5. The predicted molar refractivity (Wildman–Crippen MR) is 280 cm³/mol. The Hall–Kier alpha value is -2.37. The lowest BCUT2D eigenvalue weighted by molar-refractivity contribution is -0.148. The number of likely N-dealkylation sites (tertiary alicyclic amines) is 1. The molecule has 9 nitrogen and oxygen atoms in total. The largest absolute Gasteiger partial charge is 0.387 e. The van der Waals surface area contributed by atoms with Crippen LogP contribution in [-0.4, -0.2) is 87.5 Å². The summed E-state index contributed by atoms with van der Waals surface area (Å²) in [6.45, 7) is 16.1. The molecule has 2 amide bonds. The van der Waals surface area contributed by atoms with Crippen LogP contribution in [0.15, 0.2) is 30.5 Å². The molecule has 8 aliphatic carbocycles. The van der Waals surface area contributed by atoms with Gasteiger partial charge in [-0.2, -0.15) is 0 Å². The number of carbonyl (C=O) groups excluding carboxylic acids is 2. The summed E-state index contributed by atoms with van der Waals surface area (Å²) in [6, 6.07) is 8.86. The smallest absolute Gasteiger partial charge is 0.226 e. The zero-order valence-corrected chi connectivity index (χ0v) is 45.3. The number of aromatic nitrogens is 1. The number of aliphatic hydroxyl groups is 2. The molecule has 17 atom stereocenters. The molecule has 3 heterocycles. The van der Waals surface area contributed by atoms with E-state index in [1.165, 1.54) is 80.2 Å². The molecule has 9 fully saturated rings. The maximum absolute atomic E-state index is 14.1. The van der Waals surface area contributed by atoms with E-state index in [4.69, 9.17) is 9.47 Å². The SMILES string of the molecule is CCOC[C@@]1(O)CC[C@H]2[C@H](CC[C@@H]3[C@@H]2CC[C@]2(C)[C@@H](C(=O)N4CCC[C@@H]4c4ncc(C)s4)CC[C@@H]32)C1.CCOC[C@@]1(O)CC[C@H]2[C@H](CC[C@@H]3[C@@H]2CC[C@]2(C)[C@@H](C(=O)N4CCc5ccccc5C4)CC[C@@H]32)C1. The Balaban J connectivity index is 0.000000154. The first kappa shape index (κ1) is 50.8. The highest BCUT2D eigenvalue weighted by Gasteiger charge is 2.62. The quantitative estimate of drug-likeness (QED) is 0.257. The molecule has 8 saturated carbocycles. The van der Waals surface area contributed by atoms with Crippen LogP contribution >= 0.6 is 11.3 Å². The third-order valence-corrected chi connectivity index (χ3v) is 23.9. The highest BCUT2D eigenvalue weighted by Crippen LogP contribution is 2.67. The number of thiazole rings is 1. The third kappa shape index (κ3) is 9.34. The van der Waals surface area contributed by atoms with E-state index in [2.05, 4.69) is 59.8 Å². The lowest BCUT2D eigenvalue weighted by Crippen LogP contribution is -2.53. The van der Waals surface area contributed by atoms with Crippen molar-refractivity contribution in [3.8, 4) is 0 Å². The van der Waals surface area contributed by atoms with Crippen molar-refractivity contribution in [1.29, 1.82) is 0 Å². The maximum Gasteiger partial charge on any atom is 0.226 e. The third-order valence-electron chi connectivity index (χ3n) is 22.9. The van der Waals surface area contributed by atoms with Gasteiger partial charge < -0.3 is 29.5 Å². The van der Waals surface area contributed by atoms with Crippen molar-refractivity contribution < 1.29 is 29.3 Å². The first-order chi connectivity index (χ1) is 34.2. The van der Waals surface area contributed by atoms with Crippen LogP contribution in [0, 0.1) is 88.8 Å². The number of aryl methyl sites for hydroxylation is 1. The summed E-state index contributed by atoms with van der Waals surface area (Å²) in [4.78, 5) is 38.3. The first-order valence-electron chi connectivity index (χ1n) is 29.4. The van der Waals surface area contributed by atoms with E-state index >= 15 is 0 Å². The molecule has 0 unspecified atom stereocenters. The van der Waals surface area contributed by atoms with Gasteiger partial charge in [0.1, 0.15) is 5.01 Å². The van der Waals surface area contributed by atoms with Gasteiger partial charge in [0.2, 0.25) is 11.8 Å². The first-order valence-corrected chi connectivity index (χ1v) is 30.2. The Bertz CT molecular complexity index is 2220. The number of hydrogen-bond donors (Lipinski definition) is 2. The molecule has 0 spiro atoms. The number of ether oxygens (including phenoxy) is 2. The van der Waals surface area contributed by atoms with E-state index < -0.39 is 11.2 Å². The monoisotopic (exact) mass is 994 g/mol. The molecular weight excluding hydrogens is 903 g/mol. The Morgan fingerprint density at radius 3 is 1.76 bits per heavy atom. The van der Waals surface area contributed by atoms with Crippen LogP contribution in [0.4, 0.5) is 0 Å². The van der Waals surface area contributed by atoms with Gasteiger partial charge in [-0.05, 0) is 237 Å². The molecule has 1 aromatic carbocycles. The van der Waals surface area contributed by atoms with Gasteiger partial charge in [-0.15, -0.1) is 11.3 Å². The molecule has 10 aliphatic rings. The molecule has 392 valence electrons. The molecule has 71 heavy (non-hydrogen) atoms. The number of rotatable bonds is 9. The number of benzene rings is 1. The summed E-state index contributed by atoms with van der Waals surface area (Å²) in [6.07, 6.45) is 25.8. The van der Waals surface area contributed by atoms with Gasteiger partial charge >= 0.3 is 0 Å². The molecule has 0 bridgehead atoms. The lowest BCUT2D eigenvalue weighted by Gasteiger charge is -2.57. The number of carbonyl (C=O) groups is 2. The van der Waals surface area contributed by atoms with Crippen molar-refractivity contribution in [1.82, 2.24) is 14.8 Å². The molecule has 2 N–H and O–H groups in total. The van der Waals surface area contributed by atoms with Crippen LogP contribution in [0.25, 0.3) is 0 Å². The highest BCUT2D eigenvalue weighted by molar-refractivity contribution is 7.11. The average Bonchev–Trinajstić information content (AvgIpc) is 4.19. The van der Waals surface area contributed by atoms with Crippen LogP contribution in [0.1, 0.15) is 183 Å². The minimum atomic E-state index is -0.611. The number of fused-ring (bicyclic) bond motifs is 11. The Kier molecular flexibility index (Phi) is 14.5. The number of amides is 2. The maximum atomic E-state index is 14.1. The fourth-order valence-electron chi connectivity index (χ4n) is 19.5. The van der Waals surface area contributed by atoms with Crippen molar-refractivity contribution >= 4 is 23.2 Å². The summed E-state index contributed by atoms with van der Waals surface area (Å²) in [5, 5.41) is 23.4. The van der Waals surface area contributed by atoms with Gasteiger partial charge in [0, 0.05) is 55.8 Å². The fraction of sp³-hybridized carbons (Fsp3) is 0.820. The van der Waals surface area contributed by atoms with Crippen LogP contribution in [0.2, 0.25) is 0 Å². The van der Waals surface area contributed by atoms with Crippen LogP contribution < -0.4 is 0 Å². The Morgan fingerprint density at radius 2 is 1.21 bits per heavy atom. The second kappa shape index (κ2) is 20.3. The van der Waals surface area contributed by atoms with Gasteiger partial charge in [0.25, 0.3) is 0 Å². The second-order valence-electron chi connectivity index (χ2n) is 26.2. The van der Waals surface area contributed by atoms with E-state index in [0.717, 1.165) is 131 Å². The molecule has 2 aromatic rings. The normalized spacial score (nSPS) is 43.4. The minimum Gasteiger partial charge on any atom is -0.387 e. The molecule has 10 heteroatoms. The zero-order chi connectivity index (χ0) is 49.3. The molecule has 2 aliphatic heterocycles. The second-order valence-corrected chi connectivity index (χ2v) is 27.5. The predicted octanol–water partition coefficient (Wildman–Crippen LogP) is 11.8. The molecule has 1 aromatic heterocycles. The van der Waals surface area contributed by atoms with Crippen molar-refractivity contribution in [3.63, 3.8) is 0 Å².